The molecule has 0 atom stereocenters. The summed E-state index contributed by atoms with van der Waals surface area (Å²) in [4.78, 5) is 2.79. The predicted molar refractivity (Wildman–Crippen MR) is 125 cm³/mol. The number of unbranched alkanes of at least 4 members (excludes halogenated alkanes) is 15. The zero-order valence-corrected chi connectivity index (χ0v) is 20.9. The van der Waals surface area contributed by atoms with Crippen LogP contribution < -0.4 is 0 Å². The zero-order chi connectivity index (χ0) is 18.4. The second-order valence-corrected chi connectivity index (χ2v) is 8.14. The third-order valence-electron chi connectivity index (χ3n) is 5.48. The summed E-state index contributed by atoms with van der Waals surface area (Å²) in [5, 5.41) is 0. The van der Waals surface area contributed by atoms with Crippen LogP contribution in [0.25, 0.3) is 0 Å². The minimum absolute atomic E-state index is 0. The molecule has 0 aliphatic carbocycles. The molecule has 0 aromatic heterocycles. The molecule has 0 aliphatic heterocycles. The molecule has 0 rings (SSSR count). The molecule has 0 aliphatic rings. The van der Waals surface area contributed by atoms with Crippen molar-refractivity contribution in [1.82, 2.24) is 4.90 Å². The third-order valence-corrected chi connectivity index (χ3v) is 5.48. The monoisotopic (exact) mass is 435 g/mol. The van der Waals surface area contributed by atoms with Crippen molar-refractivity contribution in [2.24, 2.45) is 0 Å². The van der Waals surface area contributed by atoms with Crippen LogP contribution in [0, 0.1) is 0 Å². The summed E-state index contributed by atoms with van der Waals surface area (Å²) in [7, 11) is 0. The van der Waals surface area contributed by atoms with E-state index in [0.29, 0.717) is 0 Å². The maximum absolute atomic E-state index is 2.79. The normalized spacial score (nSPS) is 11.1. The van der Waals surface area contributed by atoms with Crippen LogP contribution in [0.15, 0.2) is 0 Å². The van der Waals surface area contributed by atoms with E-state index in [1.807, 2.05) is 0 Å². The predicted octanol–water partition coefficient (Wildman–Crippen LogP) is 7.45. The van der Waals surface area contributed by atoms with Crippen LogP contribution in [0.1, 0.15) is 136 Å². The van der Waals surface area contributed by atoms with Crippen LogP contribution in [-0.2, 0) is 0 Å². The summed E-state index contributed by atoms with van der Waals surface area (Å²) < 4.78 is 0. The van der Waals surface area contributed by atoms with Crippen LogP contribution in [0.5, 0.6) is 0 Å². The summed E-state index contributed by atoms with van der Waals surface area (Å²) >= 11 is 0. The van der Waals surface area contributed by atoms with E-state index in [1.54, 1.807) is 0 Å². The van der Waals surface area contributed by atoms with Gasteiger partial charge >= 0.3 is 17.1 Å². The first-order valence-corrected chi connectivity index (χ1v) is 12.1. The van der Waals surface area contributed by atoms with Crippen LogP contribution in [0.4, 0.5) is 0 Å². The molecule has 0 unspecified atom stereocenters. The van der Waals surface area contributed by atoms with E-state index < -0.39 is 0 Å². The molecule has 0 saturated heterocycles. The van der Waals surface area contributed by atoms with Gasteiger partial charge in [0.05, 0.1) is 0 Å². The van der Waals surface area contributed by atoms with Crippen molar-refractivity contribution < 1.29 is 0 Å². The molecule has 0 heterocycles. The van der Waals surface area contributed by atoms with Crippen molar-refractivity contribution in [3.8, 4) is 0 Å². The summed E-state index contributed by atoms with van der Waals surface area (Å²) in [5.74, 6) is 0. The fourth-order valence-corrected chi connectivity index (χ4v) is 3.68. The van der Waals surface area contributed by atoms with Gasteiger partial charge in [-0.1, -0.05) is 117 Å². The standard InChI is InChI=1S/C24H51N.H2Se/c1-4-7-10-13-16-19-22-25(23-20-17-14-11-8-5-2)24-21-18-15-12-9-6-3;/h4-24H2,1-3H3;1H2. The first-order valence-electron chi connectivity index (χ1n) is 12.1. The van der Waals surface area contributed by atoms with Gasteiger partial charge in [-0.2, -0.15) is 0 Å². The Balaban J connectivity index is 0. The minimum atomic E-state index is 0. The summed E-state index contributed by atoms with van der Waals surface area (Å²) in [6.45, 7) is 11.0. The van der Waals surface area contributed by atoms with Gasteiger partial charge in [0, 0.05) is 0 Å². The molecule has 0 saturated carbocycles. The Morgan fingerprint density at radius 2 is 0.577 bits per heavy atom. The molecule has 0 spiro atoms. The topological polar surface area (TPSA) is 3.24 Å². The molecule has 0 aromatic carbocycles. The van der Waals surface area contributed by atoms with Gasteiger partial charge in [0.1, 0.15) is 0 Å². The molecular weight excluding hydrogens is 381 g/mol. The fourth-order valence-electron chi connectivity index (χ4n) is 3.68. The Kier molecular flexibility index (Phi) is 28.1. The van der Waals surface area contributed by atoms with Crippen molar-refractivity contribution in [3.05, 3.63) is 0 Å². The number of nitrogens with zero attached hydrogens (tertiary/aromatic N) is 1. The van der Waals surface area contributed by atoms with Gasteiger partial charge in [0.15, 0.2) is 0 Å². The van der Waals surface area contributed by atoms with Crippen molar-refractivity contribution in [2.75, 3.05) is 19.6 Å². The molecule has 0 aromatic rings. The molecule has 160 valence electrons. The Morgan fingerprint density at radius 1 is 0.346 bits per heavy atom. The van der Waals surface area contributed by atoms with Crippen molar-refractivity contribution in [3.63, 3.8) is 0 Å². The second kappa shape index (κ2) is 25.5. The van der Waals surface area contributed by atoms with Crippen LogP contribution in [0.3, 0.4) is 0 Å². The molecule has 2 heteroatoms. The van der Waals surface area contributed by atoms with E-state index in [2.05, 4.69) is 25.7 Å². The van der Waals surface area contributed by atoms with E-state index >= 15 is 0 Å². The van der Waals surface area contributed by atoms with Gasteiger partial charge < -0.3 is 4.90 Å². The average Bonchev–Trinajstić information content (AvgIpc) is 2.63. The van der Waals surface area contributed by atoms with E-state index in [4.69, 9.17) is 0 Å². The first-order chi connectivity index (χ1) is 12.3. The fraction of sp³-hybridized carbons (Fsp3) is 1.00. The van der Waals surface area contributed by atoms with Gasteiger partial charge in [0.2, 0.25) is 0 Å². The van der Waals surface area contributed by atoms with Crippen LogP contribution >= 0.6 is 0 Å². The molecule has 0 radical (unpaired) electrons. The zero-order valence-electron chi connectivity index (χ0n) is 18.8. The summed E-state index contributed by atoms with van der Waals surface area (Å²) in [5.41, 5.74) is 0. The van der Waals surface area contributed by atoms with E-state index in [-0.39, 0.29) is 17.1 Å². The van der Waals surface area contributed by atoms with Gasteiger partial charge in [0.25, 0.3) is 0 Å². The SMILES string of the molecule is CCCCCCCCN(CCCCCCCC)CCCCCCCC.[SeH2]. The van der Waals surface area contributed by atoms with Crippen molar-refractivity contribution in [1.29, 1.82) is 0 Å². The molecule has 1 nitrogen and oxygen atoms in total. The van der Waals surface area contributed by atoms with E-state index in [9.17, 15) is 0 Å². The maximum atomic E-state index is 2.79. The van der Waals surface area contributed by atoms with Crippen LogP contribution in [-0.4, -0.2) is 41.6 Å². The number of hydrogen-bond acceptors (Lipinski definition) is 1. The van der Waals surface area contributed by atoms with Crippen molar-refractivity contribution in [2.45, 2.75) is 136 Å². The van der Waals surface area contributed by atoms with Gasteiger partial charge in [-0.3, -0.25) is 0 Å². The molecular formula is C24H53NSe. The Morgan fingerprint density at radius 3 is 0.846 bits per heavy atom. The average molecular weight is 435 g/mol. The molecule has 26 heavy (non-hydrogen) atoms. The quantitative estimate of drug-likeness (QED) is 0.134. The van der Waals surface area contributed by atoms with Gasteiger partial charge in [-0.25, -0.2) is 0 Å². The molecule has 0 N–H and O–H groups in total. The van der Waals surface area contributed by atoms with Crippen molar-refractivity contribution >= 4 is 17.1 Å². The molecule has 0 fully saturated rings. The van der Waals surface area contributed by atoms with Crippen LogP contribution in [0.2, 0.25) is 0 Å². The Bertz CT molecular complexity index is 194. The summed E-state index contributed by atoms with van der Waals surface area (Å²) in [6, 6.07) is 0. The molecule has 0 bridgehead atoms. The van der Waals surface area contributed by atoms with E-state index in [0.717, 1.165) is 0 Å². The van der Waals surface area contributed by atoms with E-state index in [1.165, 1.54) is 135 Å². The van der Waals surface area contributed by atoms with Gasteiger partial charge in [-0.15, -0.1) is 0 Å². The number of hydrogen-bond donors (Lipinski definition) is 0. The third kappa shape index (κ3) is 22.5. The number of rotatable bonds is 21. The second-order valence-electron chi connectivity index (χ2n) is 8.14. The Hall–Kier alpha value is 0.479. The molecule has 0 amide bonds. The summed E-state index contributed by atoms with van der Waals surface area (Å²) in [6.07, 6.45) is 25.7. The van der Waals surface area contributed by atoms with Gasteiger partial charge in [-0.05, 0) is 38.9 Å². The first kappa shape index (κ1) is 28.7. The Labute approximate surface area is 177 Å².